The van der Waals surface area contributed by atoms with Crippen LogP contribution in [0.15, 0.2) is 103 Å². The number of nitrogens with zero attached hydrogens (tertiary/aromatic N) is 10. The highest BCUT2D eigenvalue weighted by Crippen LogP contribution is 2.72. The first-order valence-corrected chi connectivity index (χ1v) is 40.9. The Morgan fingerprint density at radius 2 is 1.54 bits per heavy atom. The fourth-order valence-electron chi connectivity index (χ4n) is 18.9. The van der Waals surface area contributed by atoms with Crippen LogP contribution in [0.5, 0.6) is 0 Å². The predicted molar refractivity (Wildman–Crippen MR) is 430 cm³/mol. The molecule has 118 heavy (non-hydrogen) atoms. The normalized spacial score (nSPS) is 23.6. The average molecular weight is 1640 g/mol. The fraction of sp³-hybridized carbons (Fsp3) is 0.506. The number of para-hydroxylation sites is 1. The van der Waals surface area contributed by atoms with E-state index < -0.39 is 95.9 Å². The number of urea groups is 1. The molecule has 3 aromatic carbocycles. The minimum absolute atomic E-state index is 0.0709. The van der Waals surface area contributed by atoms with E-state index in [1.165, 1.54) is 28.2 Å². The predicted octanol–water partition coefficient (Wildman–Crippen LogP) is 6.81. The van der Waals surface area contributed by atoms with Crippen LogP contribution in [-0.2, 0) is 82.1 Å². The van der Waals surface area contributed by atoms with E-state index in [4.69, 9.17) is 30.0 Å². The molecule has 34 nitrogen and oxygen atoms in total. The van der Waals surface area contributed by atoms with Crippen LogP contribution in [0.2, 0.25) is 0 Å². The molecule has 0 radical (unpaired) electrons. The monoisotopic (exact) mass is 1640 g/mol. The van der Waals surface area contributed by atoms with Crippen LogP contribution in [0, 0.1) is 29.1 Å². The Hall–Kier alpha value is -11.1. The van der Waals surface area contributed by atoms with Crippen molar-refractivity contribution in [3.63, 3.8) is 0 Å². The van der Waals surface area contributed by atoms with Crippen LogP contribution in [0.3, 0.4) is 0 Å². The van der Waals surface area contributed by atoms with Gasteiger partial charge in [0.1, 0.15) is 48.9 Å². The summed E-state index contributed by atoms with van der Waals surface area (Å²) in [6, 6.07) is 20.6. The van der Waals surface area contributed by atoms with Gasteiger partial charge in [0.25, 0.3) is 17.7 Å². The molecule has 14 rings (SSSR count). The molecule has 0 spiro atoms. The Bertz CT molecular complexity index is 4900. The standard InChI is InChI=1S/C83H102N16O18S/c1-48(2)66(91-63(100)20-7-6-10-32-98-64(101)27-28-65(98)102)74(108)88-59(18-12-30-85-77(84)113)73(107)87-52-23-21-50(22-24-52)40-115-79(114)95(31-13-15-53-37-97(94-93-53)39-60-68(103)69(104)70(105)71(117-60)76(111)112)34-35-116-83-44-80(4)41-81(5,45-83)43-82(42-80,46-83)47-99-49(3)56(36-86-99)54-25-26-62(90-67(54)75(109)110)96-33-29-51-14-11-16-55(57(51)38-96)72(106)92-78-89-58-17-8-9-19-61(58)118-78/h8-9,11,14,16-17,19,21-28,36-37,48,59-60,66,68-71,103-105H,6-7,10,12-13,15,18,20,29-35,38-47H2,1-5H3,(H,87,107)(H,88,108)(H,91,100)(H,109,110)(H,111,112)(H3,84,85,113)(H,89,92,106)/t59-,60-,66-,68-,69+,70-,71-,80?,81?,82?,83?/m0/s1. The van der Waals surface area contributed by atoms with Gasteiger partial charge in [0.05, 0.1) is 40.9 Å². The lowest BCUT2D eigenvalue weighted by atomic mass is 9.39. The van der Waals surface area contributed by atoms with Gasteiger partial charge in [0.15, 0.2) is 16.9 Å². The number of benzene rings is 3. The van der Waals surface area contributed by atoms with Crippen molar-refractivity contribution in [3.05, 3.63) is 143 Å². The number of amides is 9. The Morgan fingerprint density at radius 1 is 0.788 bits per heavy atom. The molecule has 2 unspecified atom stereocenters. The third-order valence-corrected chi connectivity index (χ3v) is 24.4. The number of thiazole rings is 1. The minimum atomic E-state index is -1.87. The quantitative estimate of drug-likeness (QED) is 0.0142. The van der Waals surface area contributed by atoms with Gasteiger partial charge in [0.2, 0.25) is 17.7 Å². The van der Waals surface area contributed by atoms with E-state index in [-0.39, 0.29) is 105 Å². The highest BCUT2D eigenvalue weighted by atomic mass is 32.1. The highest BCUT2D eigenvalue weighted by molar-refractivity contribution is 7.22. The Labute approximate surface area is 684 Å². The lowest BCUT2D eigenvalue weighted by Gasteiger charge is -2.69. The molecule has 4 aliphatic carbocycles. The Kier molecular flexibility index (Phi) is 25.9. The highest BCUT2D eigenvalue weighted by Gasteiger charge is 2.66. The maximum atomic E-state index is 14.5. The first kappa shape index (κ1) is 84.8. The van der Waals surface area contributed by atoms with Crippen LogP contribution >= 0.6 is 11.3 Å². The van der Waals surface area contributed by atoms with Gasteiger partial charge in [-0.3, -0.25) is 43.7 Å². The van der Waals surface area contributed by atoms with Gasteiger partial charge >= 0.3 is 24.1 Å². The van der Waals surface area contributed by atoms with E-state index >= 15 is 0 Å². The van der Waals surface area contributed by atoms with Crippen molar-refractivity contribution in [2.75, 3.05) is 54.9 Å². The average Bonchev–Trinajstić information content (AvgIpc) is 0.712. The molecule has 7 aliphatic rings. The molecule has 7 heterocycles. The van der Waals surface area contributed by atoms with Crippen LogP contribution in [0.4, 0.5) is 26.2 Å². The summed E-state index contributed by atoms with van der Waals surface area (Å²) in [6.07, 6.45) is 4.93. The number of primary amides is 1. The number of aliphatic hydroxyl groups excluding tert-OH is 3. The summed E-state index contributed by atoms with van der Waals surface area (Å²) in [6.45, 7) is 11.9. The van der Waals surface area contributed by atoms with Crippen molar-refractivity contribution in [1.82, 2.24) is 60.5 Å². The minimum Gasteiger partial charge on any atom is -0.479 e. The van der Waals surface area contributed by atoms with Crippen molar-refractivity contribution in [2.45, 2.75) is 205 Å². The number of hydrogen-bond donors (Lipinski definition) is 11. The largest absolute Gasteiger partial charge is 0.479 e. The number of aryl methyl sites for hydroxylation is 1. The number of carboxylic acids is 2. The number of carboxylic acid groups (broad SMARTS) is 2. The van der Waals surface area contributed by atoms with Gasteiger partial charge in [0, 0.05) is 98.7 Å². The molecule has 9 atom stereocenters. The molecule has 1 saturated heterocycles. The fourth-order valence-corrected chi connectivity index (χ4v) is 19.8. The molecule has 5 fully saturated rings. The number of nitrogens with two attached hydrogens (primary N) is 1. The Balaban J connectivity index is 0.660. The number of aliphatic hydroxyl groups is 3. The molecule has 4 saturated carbocycles. The van der Waals surface area contributed by atoms with Crippen molar-refractivity contribution < 1.29 is 87.7 Å². The van der Waals surface area contributed by atoms with Crippen LogP contribution in [-0.4, -0.2) is 217 Å². The van der Waals surface area contributed by atoms with E-state index in [1.807, 2.05) is 59.0 Å². The first-order chi connectivity index (χ1) is 56.3. The van der Waals surface area contributed by atoms with Gasteiger partial charge in [-0.25, -0.2) is 33.8 Å². The molecule has 4 aromatic heterocycles. The molecule has 9 amide bonds. The molecule has 4 bridgehead atoms. The number of anilines is 3. The summed E-state index contributed by atoms with van der Waals surface area (Å²) in [4.78, 5) is 144. The van der Waals surface area contributed by atoms with E-state index in [2.05, 4.69) is 55.7 Å². The lowest BCUT2D eigenvalue weighted by molar-refractivity contribution is -0.248. The number of aromatic carboxylic acids is 1. The third kappa shape index (κ3) is 19.8. The number of carbonyl (C=O) groups is 10. The summed E-state index contributed by atoms with van der Waals surface area (Å²) >= 11 is 1.40. The lowest BCUT2D eigenvalue weighted by Crippen LogP contribution is -2.64. The number of aromatic nitrogens is 7. The summed E-state index contributed by atoms with van der Waals surface area (Å²) in [5.74, 6) is -5.29. The SMILES string of the molecule is Cc1c(-c2ccc(N3CCc4cccc(C(=O)Nc5nc6ccccc6s5)c4C3)nc2C(=O)O)cnn1CC12CC3(C)CC(C)(C1)CC(OCCN(CCCc1cn(C[C@@H]4O[C@H](C(=O)O)[C@@H](O)[C@H](O)[C@H]4O)nn1)C(=O)OCc1ccc(NC(=O)[C@H](CCCNC(N)=O)NC(=O)[C@@H](NC(=O)CCCCCN4C(=O)C=CC4=O)C(C)C)cc1)(C3)C2. The zero-order chi connectivity index (χ0) is 84.0. The number of carbonyl (C=O) groups excluding carboxylic acids is 8. The van der Waals surface area contributed by atoms with Gasteiger partial charge in [-0.15, -0.1) is 5.10 Å². The Morgan fingerprint density at radius 3 is 2.26 bits per heavy atom. The number of unbranched alkanes of at least 4 members (excludes halogenated alkanes) is 2. The summed E-state index contributed by atoms with van der Waals surface area (Å²) < 4.78 is 23.0. The summed E-state index contributed by atoms with van der Waals surface area (Å²) in [5, 5.41) is 79.7. The van der Waals surface area contributed by atoms with Crippen LogP contribution in [0.1, 0.15) is 160 Å². The van der Waals surface area contributed by atoms with Crippen molar-refractivity contribution in [3.8, 4) is 11.1 Å². The number of ether oxygens (including phenoxy) is 3. The molecule has 3 aliphatic heterocycles. The smallest absolute Gasteiger partial charge is 0.410 e. The van der Waals surface area contributed by atoms with Gasteiger partial charge in [-0.1, -0.05) is 87.1 Å². The second kappa shape index (κ2) is 36.0. The zero-order valence-corrected chi connectivity index (χ0v) is 67.4. The number of rotatable bonds is 36. The van der Waals surface area contributed by atoms with Crippen molar-refractivity contribution in [2.24, 2.45) is 27.9 Å². The van der Waals surface area contributed by atoms with Gasteiger partial charge in [-0.05, 0) is 172 Å². The maximum Gasteiger partial charge on any atom is 0.410 e. The summed E-state index contributed by atoms with van der Waals surface area (Å²) in [7, 11) is 0. The number of fused-ring (bicyclic) bond motifs is 2. The molecule has 12 N–H and O–H groups in total. The van der Waals surface area contributed by atoms with Gasteiger partial charge in [-0.2, -0.15) is 5.10 Å². The van der Waals surface area contributed by atoms with Gasteiger partial charge < -0.3 is 76.5 Å². The van der Waals surface area contributed by atoms with Crippen LogP contribution < -0.4 is 37.2 Å². The molecule has 35 heteroatoms. The van der Waals surface area contributed by atoms with E-state index in [0.717, 1.165) is 64.0 Å². The topological polar surface area (TPSA) is 470 Å². The van der Waals surface area contributed by atoms with E-state index in [0.29, 0.717) is 109 Å². The molecule has 7 aromatic rings. The second-order valence-corrected chi connectivity index (χ2v) is 34.4. The molecule has 628 valence electrons. The third-order valence-electron chi connectivity index (χ3n) is 23.4. The number of imide groups is 1. The zero-order valence-electron chi connectivity index (χ0n) is 66.6. The number of aliphatic carboxylic acids is 1. The maximum absolute atomic E-state index is 14.5. The molecular formula is C83H102N16O18S. The van der Waals surface area contributed by atoms with E-state index in [9.17, 15) is 73.5 Å². The number of nitrogens with one attached hydrogen (secondary N) is 5. The van der Waals surface area contributed by atoms with Crippen molar-refractivity contribution >= 4 is 97.7 Å². The summed E-state index contributed by atoms with van der Waals surface area (Å²) in [5.41, 5.74) is 10.5. The van der Waals surface area contributed by atoms with Crippen LogP contribution in [0.25, 0.3) is 21.3 Å². The van der Waals surface area contributed by atoms with Crippen molar-refractivity contribution in [1.29, 1.82) is 0 Å². The van der Waals surface area contributed by atoms with E-state index in [1.54, 1.807) is 67.5 Å². The number of pyridine rings is 1. The second-order valence-electron chi connectivity index (χ2n) is 33.4. The molecular weight excluding hydrogens is 1540 g/mol. The first-order valence-electron chi connectivity index (χ1n) is 40.1. The number of hydrogen-bond acceptors (Lipinski definition) is 23.